The van der Waals surface area contributed by atoms with Crippen LogP contribution in [0.15, 0.2) is 24.3 Å². The molecule has 0 radical (unpaired) electrons. The van der Waals surface area contributed by atoms with E-state index in [0.29, 0.717) is 12.8 Å². The van der Waals surface area contributed by atoms with Crippen LogP contribution in [-0.4, -0.2) is 19.0 Å². The predicted molar refractivity (Wildman–Crippen MR) is 87.3 cm³/mol. The molecule has 0 heterocycles. The van der Waals surface area contributed by atoms with Crippen molar-refractivity contribution < 1.29 is 4.79 Å². The highest BCUT2D eigenvalue weighted by molar-refractivity contribution is 5.97. The Kier molecular flexibility index (Phi) is 6.23. The molecule has 0 aliphatic carbocycles. The average molecular weight is 287 g/mol. The van der Waals surface area contributed by atoms with Gasteiger partial charge in [0.1, 0.15) is 5.41 Å². The molecule has 1 rings (SSSR count). The van der Waals surface area contributed by atoms with E-state index in [0.717, 1.165) is 24.5 Å². The summed E-state index contributed by atoms with van der Waals surface area (Å²) in [5.41, 5.74) is 0.935. The summed E-state index contributed by atoms with van der Waals surface area (Å²) in [4.78, 5) is 14.6. The smallest absolute Gasteiger partial charge is 0.244 e. The number of anilines is 2. The summed E-state index contributed by atoms with van der Waals surface area (Å²) in [5, 5.41) is 12.1. The third-order valence-corrected chi connectivity index (χ3v) is 4.11. The first-order chi connectivity index (χ1) is 10.1. The number of hydrogen-bond donors (Lipinski definition) is 1. The minimum Gasteiger partial charge on any atom is -0.372 e. The highest BCUT2D eigenvalue weighted by atomic mass is 16.2. The van der Waals surface area contributed by atoms with E-state index in [-0.39, 0.29) is 5.91 Å². The first kappa shape index (κ1) is 17.0. The maximum atomic E-state index is 12.3. The van der Waals surface area contributed by atoms with Gasteiger partial charge in [0.05, 0.1) is 6.07 Å². The third-order valence-electron chi connectivity index (χ3n) is 4.11. The molecule has 0 aromatic heterocycles. The monoisotopic (exact) mass is 287 g/mol. The van der Waals surface area contributed by atoms with Crippen LogP contribution in [0.2, 0.25) is 0 Å². The number of hydrogen-bond acceptors (Lipinski definition) is 3. The van der Waals surface area contributed by atoms with Crippen LogP contribution in [0, 0.1) is 16.7 Å². The number of rotatable bonds is 7. The lowest BCUT2D eigenvalue weighted by Crippen LogP contribution is -2.33. The Morgan fingerprint density at radius 1 is 1.14 bits per heavy atom. The Morgan fingerprint density at radius 3 is 2.05 bits per heavy atom. The van der Waals surface area contributed by atoms with Crippen LogP contribution in [0.25, 0.3) is 0 Å². The van der Waals surface area contributed by atoms with E-state index in [4.69, 9.17) is 0 Å². The molecule has 0 saturated heterocycles. The quantitative estimate of drug-likeness (QED) is 0.829. The zero-order valence-electron chi connectivity index (χ0n) is 13.4. The highest BCUT2D eigenvalue weighted by Crippen LogP contribution is 2.27. The molecule has 4 heteroatoms. The van der Waals surface area contributed by atoms with Gasteiger partial charge in [-0.25, -0.2) is 0 Å². The fourth-order valence-corrected chi connectivity index (χ4v) is 2.38. The zero-order chi connectivity index (χ0) is 15.9. The fraction of sp³-hybridized carbons (Fsp3) is 0.529. The Labute approximate surface area is 127 Å². The molecule has 1 amide bonds. The molecular weight excluding hydrogens is 262 g/mol. The van der Waals surface area contributed by atoms with Gasteiger partial charge >= 0.3 is 0 Å². The molecule has 0 unspecified atom stereocenters. The first-order valence-corrected chi connectivity index (χ1v) is 7.64. The Bertz CT molecular complexity index is 494. The van der Waals surface area contributed by atoms with Crippen molar-refractivity contribution in [3.8, 4) is 6.07 Å². The van der Waals surface area contributed by atoms with Crippen molar-refractivity contribution in [2.45, 2.75) is 40.5 Å². The van der Waals surface area contributed by atoms with Gasteiger partial charge in [-0.1, -0.05) is 13.8 Å². The Morgan fingerprint density at radius 2 is 1.67 bits per heavy atom. The van der Waals surface area contributed by atoms with Crippen LogP contribution >= 0.6 is 0 Å². The molecule has 1 N–H and O–H groups in total. The topological polar surface area (TPSA) is 56.1 Å². The number of nitriles is 1. The molecule has 0 atom stereocenters. The van der Waals surface area contributed by atoms with Crippen LogP contribution in [0.4, 0.5) is 11.4 Å². The second-order valence-electron chi connectivity index (χ2n) is 5.07. The van der Waals surface area contributed by atoms with Gasteiger partial charge in [0.15, 0.2) is 0 Å². The largest absolute Gasteiger partial charge is 0.372 e. The van der Waals surface area contributed by atoms with Gasteiger partial charge in [-0.3, -0.25) is 4.79 Å². The van der Waals surface area contributed by atoms with Crippen LogP contribution in [0.3, 0.4) is 0 Å². The summed E-state index contributed by atoms with van der Waals surface area (Å²) in [5.74, 6) is -0.217. The zero-order valence-corrected chi connectivity index (χ0v) is 13.4. The van der Waals surface area contributed by atoms with E-state index >= 15 is 0 Å². The molecule has 0 fully saturated rings. The van der Waals surface area contributed by atoms with E-state index in [1.165, 1.54) is 0 Å². The fourth-order valence-electron chi connectivity index (χ4n) is 2.38. The lowest BCUT2D eigenvalue weighted by molar-refractivity contribution is -0.123. The predicted octanol–water partition coefficient (Wildman–Crippen LogP) is 3.80. The van der Waals surface area contributed by atoms with Crippen molar-refractivity contribution in [1.29, 1.82) is 5.26 Å². The van der Waals surface area contributed by atoms with Gasteiger partial charge in [0.2, 0.25) is 5.91 Å². The Hall–Kier alpha value is -2.02. The van der Waals surface area contributed by atoms with Crippen LogP contribution in [0.5, 0.6) is 0 Å². The lowest BCUT2D eigenvalue weighted by atomic mass is 9.83. The van der Waals surface area contributed by atoms with Gasteiger partial charge in [0.25, 0.3) is 0 Å². The second-order valence-corrected chi connectivity index (χ2v) is 5.07. The van der Waals surface area contributed by atoms with Gasteiger partial charge < -0.3 is 10.2 Å². The number of amides is 1. The number of nitrogens with one attached hydrogen (secondary N) is 1. The minimum absolute atomic E-state index is 0.217. The molecule has 0 aliphatic rings. The number of nitrogens with zero attached hydrogens (tertiary/aromatic N) is 2. The van der Waals surface area contributed by atoms with E-state index in [9.17, 15) is 10.1 Å². The van der Waals surface area contributed by atoms with Gasteiger partial charge in [-0.15, -0.1) is 0 Å². The standard InChI is InChI=1S/C17H25N3O/c1-5-17(6-2,13-18)16(21)19-14-9-11-15(12-10-14)20(7-3)8-4/h9-12H,5-8H2,1-4H3,(H,19,21). The first-order valence-electron chi connectivity index (χ1n) is 7.64. The summed E-state index contributed by atoms with van der Waals surface area (Å²) in [7, 11) is 0. The summed E-state index contributed by atoms with van der Waals surface area (Å²) in [6.45, 7) is 9.87. The van der Waals surface area contributed by atoms with Crippen molar-refractivity contribution in [3.05, 3.63) is 24.3 Å². The van der Waals surface area contributed by atoms with E-state index in [1.807, 2.05) is 38.1 Å². The van der Waals surface area contributed by atoms with Crippen molar-refractivity contribution in [3.63, 3.8) is 0 Å². The molecule has 1 aromatic carbocycles. The summed E-state index contributed by atoms with van der Waals surface area (Å²) < 4.78 is 0. The maximum absolute atomic E-state index is 12.3. The second kappa shape index (κ2) is 7.68. The SMILES string of the molecule is CCN(CC)c1ccc(NC(=O)C(C#N)(CC)CC)cc1. The van der Waals surface area contributed by atoms with E-state index in [2.05, 4.69) is 30.1 Å². The number of benzene rings is 1. The highest BCUT2D eigenvalue weighted by Gasteiger charge is 2.34. The summed E-state index contributed by atoms with van der Waals surface area (Å²) in [6, 6.07) is 9.93. The molecule has 0 saturated carbocycles. The number of carbonyl (C=O) groups is 1. The van der Waals surface area contributed by atoms with Crippen molar-refractivity contribution in [2.24, 2.45) is 5.41 Å². The molecule has 1 aromatic rings. The van der Waals surface area contributed by atoms with Crippen LogP contribution < -0.4 is 10.2 Å². The van der Waals surface area contributed by atoms with Gasteiger partial charge in [-0.2, -0.15) is 5.26 Å². The molecular formula is C17H25N3O. The molecule has 4 nitrogen and oxygen atoms in total. The van der Waals surface area contributed by atoms with E-state index in [1.54, 1.807) is 0 Å². The molecule has 114 valence electrons. The average Bonchev–Trinajstić information content (AvgIpc) is 2.52. The lowest BCUT2D eigenvalue weighted by Gasteiger charge is -2.23. The van der Waals surface area contributed by atoms with Crippen molar-refractivity contribution in [1.82, 2.24) is 0 Å². The van der Waals surface area contributed by atoms with Crippen molar-refractivity contribution >= 4 is 17.3 Å². The minimum atomic E-state index is -0.933. The Balaban J connectivity index is 2.85. The molecule has 0 aliphatic heterocycles. The van der Waals surface area contributed by atoms with Gasteiger partial charge in [-0.05, 0) is 51.0 Å². The maximum Gasteiger partial charge on any atom is 0.244 e. The molecule has 0 bridgehead atoms. The third kappa shape index (κ3) is 3.75. The summed E-state index contributed by atoms with van der Waals surface area (Å²) >= 11 is 0. The van der Waals surface area contributed by atoms with Crippen LogP contribution in [-0.2, 0) is 4.79 Å². The van der Waals surface area contributed by atoms with Gasteiger partial charge in [0, 0.05) is 24.5 Å². The normalized spacial score (nSPS) is 10.8. The summed E-state index contributed by atoms with van der Waals surface area (Å²) in [6.07, 6.45) is 1.03. The number of carbonyl (C=O) groups excluding carboxylic acids is 1. The molecule has 21 heavy (non-hydrogen) atoms. The van der Waals surface area contributed by atoms with Crippen molar-refractivity contribution in [2.75, 3.05) is 23.3 Å². The van der Waals surface area contributed by atoms with E-state index < -0.39 is 5.41 Å². The van der Waals surface area contributed by atoms with Crippen LogP contribution in [0.1, 0.15) is 40.5 Å². The molecule has 0 spiro atoms.